The maximum Gasteiger partial charge on any atom is 0.235 e. The Morgan fingerprint density at radius 2 is 1.60 bits per heavy atom. The highest BCUT2D eigenvalue weighted by molar-refractivity contribution is 6.03. The van der Waals surface area contributed by atoms with Gasteiger partial charge in [0.25, 0.3) is 0 Å². The SMILES string of the molecule is O=C(C1CCCC1)N1CCC2(CC1)CC(=O)N(c1ccccc1)c1ccccc1O2. The van der Waals surface area contributed by atoms with E-state index in [4.69, 9.17) is 4.74 Å². The van der Waals surface area contributed by atoms with E-state index in [9.17, 15) is 9.59 Å². The standard InChI is InChI=1S/C25H28N2O3/c28-23-18-25(14-16-26(17-15-25)24(29)19-8-4-5-9-19)30-22-13-7-6-12-21(22)27(23)20-10-2-1-3-11-20/h1-3,6-7,10-13,19H,4-5,8-9,14-18H2. The van der Waals surface area contributed by atoms with E-state index >= 15 is 0 Å². The summed E-state index contributed by atoms with van der Waals surface area (Å²) in [4.78, 5) is 30.1. The fourth-order valence-electron chi connectivity index (χ4n) is 5.19. The summed E-state index contributed by atoms with van der Waals surface area (Å²) in [5.74, 6) is 1.28. The lowest BCUT2D eigenvalue weighted by Crippen LogP contribution is -2.51. The van der Waals surface area contributed by atoms with Gasteiger partial charge in [0.05, 0.1) is 12.1 Å². The highest BCUT2D eigenvalue weighted by atomic mass is 16.5. The third kappa shape index (κ3) is 3.47. The largest absolute Gasteiger partial charge is 0.484 e. The summed E-state index contributed by atoms with van der Waals surface area (Å²) in [6.07, 6.45) is 6.07. The van der Waals surface area contributed by atoms with Gasteiger partial charge in [0, 0.05) is 37.5 Å². The van der Waals surface area contributed by atoms with Gasteiger partial charge in [0.1, 0.15) is 11.4 Å². The van der Waals surface area contributed by atoms with Gasteiger partial charge in [-0.3, -0.25) is 14.5 Å². The number of piperidine rings is 1. The maximum absolute atomic E-state index is 13.4. The van der Waals surface area contributed by atoms with Crippen LogP contribution in [0, 0.1) is 5.92 Å². The lowest BCUT2D eigenvalue weighted by Gasteiger charge is -2.41. The zero-order valence-corrected chi connectivity index (χ0v) is 17.3. The molecule has 2 aromatic carbocycles. The van der Waals surface area contributed by atoms with E-state index < -0.39 is 5.60 Å². The van der Waals surface area contributed by atoms with Crippen molar-refractivity contribution in [2.45, 2.75) is 50.5 Å². The fraction of sp³-hybridized carbons (Fsp3) is 0.440. The number of carbonyl (C=O) groups is 2. The van der Waals surface area contributed by atoms with Crippen LogP contribution in [0.3, 0.4) is 0 Å². The summed E-state index contributed by atoms with van der Waals surface area (Å²) >= 11 is 0. The Balaban J connectivity index is 1.40. The van der Waals surface area contributed by atoms with Crippen LogP contribution in [0.15, 0.2) is 54.6 Å². The molecule has 1 saturated heterocycles. The van der Waals surface area contributed by atoms with Crippen LogP contribution in [0.5, 0.6) is 5.75 Å². The Morgan fingerprint density at radius 3 is 2.33 bits per heavy atom. The van der Waals surface area contributed by atoms with Gasteiger partial charge in [-0.25, -0.2) is 0 Å². The molecule has 0 bridgehead atoms. The van der Waals surface area contributed by atoms with Gasteiger partial charge in [-0.2, -0.15) is 0 Å². The average Bonchev–Trinajstić information content (AvgIpc) is 3.27. The molecule has 0 N–H and O–H groups in total. The highest BCUT2D eigenvalue weighted by Gasteiger charge is 2.44. The van der Waals surface area contributed by atoms with Gasteiger partial charge in [0.15, 0.2) is 0 Å². The number of likely N-dealkylation sites (tertiary alicyclic amines) is 1. The molecule has 2 aromatic rings. The van der Waals surface area contributed by atoms with Crippen molar-refractivity contribution in [2.75, 3.05) is 18.0 Å². The van der Waals surface area contributed by atoms with Crippen molar-refractivity contribution in [3.63, 3.8) is 0 Å². The fourth-order valence-corrected chi connectivity index (χ4v) is 5.19. The van der Waals surface area contributed by atoms with E-state index in [1.54, 1.807) is 4.90 Å². The minimum Gasteiger partial charge on any atom is -0.484 e. The number of carbonyl (C=O) groups excluding carboxylic acids is 2. The molecular weight excluding hydrogens is 376 g/mol. The second-order valence-corrected chi connectivity index (χ2v) is 8.80. The summed E-state index contributed by atoms with van der Waals surface area (Å²) in [5, 5.41) is 0. The number of hydrogen-bond donors (Lipinski definition) is 0. The average molecular weight is 405 g/mol. The lowest BCUT2D eigenvalue weighted by atomic mass is 9.86. The number of fused-ring (bicyclic) bond motifs is 1. The van der Waals surface area contributed by atoms with Crippen LogP contribution < -0.4 is 9.64 Å². The van der Waals surface area contributed by atoms with Crippen molar-refractivity contribution in [1.29, 1.82) is 0 Å². The van der Waals surface area contributed by atoms with Crippen molar-refractivity contribution in [3.05, 3.63) is 54.6 Å². The van der Waals surface area contributed by atoms with Gasteiger partial charge < -0.3 is 9.64 Å². The Morgan fingerprint density at radius 1 is 0.933 bits per heavy atom. The summed E-state index contributed by atoms with van der Waals surface area (Å²) in [5.41, 5.74) is 1.09. The molecule has 0 radical (unpaired) electrons. The van der Waals surface area contributed by atoms with E-state index in [2.05, 4.69) is 0 Å². The zero-order chi connectivity index (χ0) is 20.6. The molecule has 0 unspecified atom stereocenters. The van der Waals surface area contributed by atoms with Gasteiger partial charge in [-0.15, -0.1) is 0 Å². The lowest BCUT2D eigenvalue weighted by molar-refractivity contribution is -0.139. The molecule has 3 aliphatic rings. The maximum atomic E-state index is 13.4. The van der Waals surface area contributed by atoms with E-state index in [0.29, 0.717) is 38.3 Å². The number of benzene rings is 2. The van der Waals surface area contributed by atoms with Gasteiger partial charge in [-0.1, -0.05) is 43.2 Å². The predicted octanol–water partition coefficient (Wildman–Crippen LogP) is 4.69. The first-order valence-corrected chi connectivity index (χ1v) is 11.1. The third-order valence-corrected chi connectivity index (χ3v) is 6.86. The van der Waals surface area contributed by atoms with E-state index in [1.807, 2.05) is 59.5 Å². The number of para-hydroxylation sites is 3. The predicted molar refractivity (Wildman–Crippen MR) is 116 cm³/mol. The van der Waals surface area contributed by atoms with Crippen molar-refractivity contribution in [3.8, 4) is 5.75 Å². The quantitative estimate of drug-likeness (QED) is 0.730. The number of amides is 2. The molecule has 0 atom stereocenters. The number of anilines is 2. The summed E-state index contributed by atoms with van der Waals surface area (Å²) < 4.78 is 6.56. The first kappa shape index (κ1) is 19.2. The Kier molecular flexibility index (Phi) is 4.97. The molecular formula is C25H28N2O3. The van der Waals surface area contributed by atoms with Crippen LogP contribution in [0.2, 0.25) is 0 Å². The Hall–Kier alpha value is -2.82. The summed E-state index contributed by atoms with van der Waals surface area (Å²) in [6.45, 7) is 1.33. The van der Waals surface area contributed by atoms with E-state index in [1.165, 1.54) is 0 Å². The second-order valence-electron chi connectivity index (χ2n) is 8.80. The topological polar surface area (TPSA) is 49.9 Å². The molecule has 5 rings (SSSR count). The highest BCUT2D eigenvalue weighted by Crippen LogP contribution is 2.43. The number of hydrogen-bond acceptors (Lipinski definition) is 3. The minimum atomic E-state index is -0.552. The number of rotatable bonds is 2. The molecule has 5 nitrogen and oxygen atoms in total. The van der Waals surface area contributed by atoms with E-state index in [0.717, 1.165) is 42.8 Å². The van der Waals surface area contributed by atoms with Gasteiger partial charge >= 0.3 is 0 Å². The Bertz CT molecular complexity index is 928. The van der Waals surface area contributed by atoms with Crippen LogP contribution in [-0.4, -0.2) is 35.4 Å². The van der Waals surface area contributed by atoms with Crippen molar-refractivity contribution >= 4 is 23.2 Å². The monoisotopic (exact) mass is 404 g/mol. The van der Waals surface area contributed by atoms with Gasteiger partial charge in [0.2, 0.25) is 11.8 Å². The molecule has 1 aliphatic carbocycles. The van der Waals surface area contributed by atoms with Crippen LogP contribution in [0.1, 0.15) is 44.9 Å². The molecule has 0 aromatic heterocycles. The van der Waals surface area contributed by atoms with E-state index in [-0.39, 0.29) is 11.8 Å². The van der Waals surface area contributed by atoms with Crippen molar-refractivity contribution in [2.24, 2.45) is 5.92 Å². The van der Waals surface area contributed by atoms with Gasteiger partial charge in [-0.05, 0) is 37.1 Å². The first-order chi connectivity index (χ1) is 14.7. The molecule has 2 amide bonds. The molecule has 30 heavy (non-hydrogen) atoms. The number of nitrogens with zero attached hydrogens (tertiary/aromatic N) is 2. The molecule has 1 saturated carbocycles. The van der Waals surface area contributed by atoms with Crippen LogP contribution in [-0.2, 0) is 9.59 Å². The third-order valence-electron chi connectivity index (χ3n) is 6.86. The summed E-state index contributed by atoms with van der Waals surface area (Å²) in [7, 11) is 0. The van der Waals surface area contributed by atoms with Crippen LogP contribution in [0.4, 0.5) is 11.4 Å². The Labute approximate surface area is 177 Å². The second kappa shape index (κ2) is 7.78. The molecule has 156 valence electrons. The first-order valence-electron chi connectivity index (χ1n) is 11.1. The van der Waals surface area contributed by atoms with Crippen molar-refractivity contribution < 1.29 is 14.3 Å². The normalized spacial score (nSPS) is 21.3. The minimum absolute atomic E-state index is 0.0433. The molecule has 2 aliphatic heterocycles. The zero-order valence-electron chi connectivity index (χ0n) is 17.3. The van der Waals surface area contributed by atoms with Crippen molar-refractivity contribution in [1.82, 2.24) is 4.90 Å². The molecule has 1 spiro atoms. The van der Waals surface area contributed by atoms with Crippen LogP contribution in [0.25, 0.3) is 0 Å². The smallest absolute Gasteiger partial charge is 0.235 e. The molecule has 2 heterocycles. The summed E-state index contributed by atoms with van der Waals surface area (Å²) in [6, 6.07) is 17.5. The number of ether oxygens (including phenoxy) is 1. The molecule has 5 heteroatoms. The van der Waals surface area contributed by atoms with Crippen LogP contribution >= 0.6 is 0 Å². The molecule has 2 fully saturated rings.